The highest BCUT2D eigenvalue weighted by Gasteiger charge is 2.32. The number of ether oxygens (including phenoxy) is 2. The van der Waals surface area contributed by atoms with Crippen LogP contribution in [0.3, 0.4) is 0 Å². The largest absolute Gasteiger partial charge is 0.490 e. The molecule has 5 rings (SSSR count). The van der Waals surface area contributed by atoms with E-state index < -0.39 is 5.97 Å². The van der Waals surface area contributed by atoms with Crippen LogP contribution >= 0.6 is 34.4 Å². The number of carbonyl (C=O) groups excluding carboxylic acids is 1. The normalized spacial score (nSPS) is 15.2. The van der Waals surface area contributed by atoms with Crippen LogP contribution in [0.25, 0.3) is 16.8 Å². The Bertz CT molecular complexity index is 1700. The first kappa shape index (κ1) is 28.7. The van der Waals surface area contributed by atoms with E-state index in [2.05, 4.69) is 51.8 Å². The number of carboxylic acid groups (broad SMARTS) is 1. The molecule has 0 aliphatic carbocycles. The van der Waals surface area contributed by atoms with Crippen LogP contribution in [0.4, 0.5) is 5.69 Å². The summed E-state index contributed by atoms with van der Waals surface area (Å²) in [6, 6.07) is 24.6. The lowest BCUT2D eigenvalue weighted by atomic mass is 10.1. The molecule has 1 aliphatic rings. The van der Waals surface area contributed by atoms with Gasteiger partial charge in [0.2, 0.25) is 0 Å². The van der Waals surface area contributed by atoms with E-state index in [0.29, 0.717) is 47.0 Å². The van der Waals surface area contributed by atoms with Gasteiger partial charge in [-0.25, -0.2) is 9.79 Å². The number of hydrogen-bond donors (Lipinski definition) is 1. The number of hydrogen-bond acceptors (Lipinski definition) is 6. The van der Waals surface area contributed by atoms with Crippen molar-refractivity contribution >= 4 is 73.9 Å². The maximum atomic E-state index is 13.2. The molecule has 1 heterocycles. The summed E-state index contributed by atoms with van der Waals surface area (Å²) >= 11 is 3.49. The third-order valence-electron chi connectivity index (χ3n) is 6.40. The van der Waals surface area contributed by atoms with Crippen molar-refractivity contribution in [2.24, 2.45) is 4.99 Å². The average molecular weight is 679 g/mol. The molecule has 0 bridgehead atoms. The Labute approximate surface area is 256 Å². The Hall–Kier alpha value is -3.83. The van der Waals surface area contributed by atoms with Gasteiger partial charge in [0.25, 0.3) is 5.91 Å². The second-order valence-electron chi connectivity index (χ2n) is 9.10. The van der Waals surface area contributed by atoms with Gasteiger partial charge in [-0.2, -0.15) is 0 Å². The highest BCUT2D eigenvalue weighted by Crippen LogP contribution is 2.39. The monoisotopic (exact) mass is 678 g/mol. The molecule has 0 spiro atoms. The van der Waals surface area contributed by atoms with Crippen LogP contribution in [0.2, 0.25) is 0 Å². The van der Waals surface area contributed by atoms with E-state index >= 15 is 0 Å². The third-order valence-corrected chi connectivity index (χ3v) is 8.21. The highest BCUT2D eigenvalue weighted by molar-refractivity contribution is 14.1. The molecule has 1 aliphatic heterocycles. The quantitative estimate of drug-likeness (QED) is 0.144. The number of carbonyl (C=O) groups is 2. The van der Waals surface area contributed by atoms with Crippen LogP contribution in [-0.2, 0) is 11.4 Å². The zero-order valence-electron chi connectivity index (χ0n) is 22.5. The fourth-order valence-corrected chi connectivity index (χ4v) is 6.33. The number of carboxylic acids is 1. The van der Waals surface area contributed by atoms with E-state index in [1.165, 1.54) is 23.9 Å². The molecule has 0 aromatic heterocycles. The van der Waals surface area contributed by atoms with Gasteiger partial charge in [0, 0.05) is 6.54 Å². The average Bonchev–Trinajstić information content (AvgIpc) is 3.25. The van der Waals surface area contributed by atoms with Gasteiger partial charge in [-0.15, -0.1) is 0 Å². The van der Waals surface area contributed by atoms with Crippen molar-refractivity contribution in [3.05, 3.63) is 104 Å². The minimum Gasteiger partial charge on any atom is -0.490 e. The predicted molar refractivity (Wildman–Crippen MR) is 172 cm³/mol. The lowest BCUT2D eigenvalue weighted by Crippen LogP contribution is -2.28. The van der Waals surface area contributed by atoms with Gasteiger partial charge >= 0.3 is 5.97 Å². The number of nitrogens with zero attached hydrogens (tertiary/aromatic N) is 2. The molecule has 1 fully saturated rings. The van der Waals surface area contributed by atoms with E-state index in [9.17, 15) is 14.7 Å². The Morgan fingerprint density at radius 2 is 1.80 bits per heavy atom. The minimum atomic E-state index is -1.03. The van der Waals surface area contributed by atoms with Crippen LogP contribution in [0.5, 0.6) is 11.5 Å². The summed E-state index contributed by atoms with van der Waals surface area (Å²) in [6.07, 6.45) is 1.82. The number of amidine groups is 1. The Kier molecular flexibility index (Phi) is 8.94. The molecule has 41 heavy (non-hydrogen) atoms. The first-order chi connectivity index (χ1) is 19.9. The van der Waals surface area contributed by atoms with Crippen molar-refractivity contribution in [2.75, 3.05) is 13.2 Å². The van der Waals surface area contributed by atoms with Gasteiger partial charge in [-0.3, -0.25) is 9.69 Å². The maximum Gasteiger partial charge on any atom is 0.335 e. The van der Waals surface area contributed by atoms with E-state index in [-0.39, 0.29) is 11.5 Å². The fourth-order valence-electron chi connectivity index (χ4n) is 4.48. The molecule has 0 unspecified atom stereocenters. The van der Waals surface area contributed by atoms with Crippen LogP contribution < -0.4 is 9.47 Å². The molecule has 0 radical (unpaired) electrons. The van der Waals surface area contributed by atoms with Crippen LogP contribution in [0, 0.1) is 3.57 Å². The van der Waals surface area contributed by atoms with Gasteiger partial charge in [0.1, 0.15) is 6.61 Å². The molecule has 0 atom stereocenters. The van der Waals surface area contributed by atoms with E-state index in [4.69, 9.17) is 9.47 Å². The molecule has 7 nitrogen and oxygen atoms in total. The lowest BCUT2D eigenvalue weighted by Gasteiger charge is -2.16. The molecule has 1 amide bonds. The van der Waals surface area contributed by atoms with E-state index in [1.807, 2.05) is 50.3 Å². The third kappa shape index (κ3) is 6.41. The van der Waals surface area contributed by atoms with Crippen molar-refractivity contribution in [1.82, 2.24) is 4.90 Å². The zero-order chi connectivity index (χ0) is 28.9. The number of aliphatic imine (C=N–C) groups is 1. The molecule has 9 heteroatoms. The van der Waals surface area contributed by atoms with Crippen molar-refractivity contribution in [3.63, 3.8) is 0 Å². The predicted octanol–water partition coefficient (Wildman–Crippen LogP) is 7.74. The molecular formula is C32H27IN2O5S. The number of aromatic carboxylic acids is 1. The van der Waals surface area contributed by atoms with Crippen molar-refractivity contribution in [3.8, 4) is 11.5 Å². The molecule has 1 N–H and O–H groups in total. The summed E-state index contributed by atoms with van der Waals surface area (Å²) in [7, 11) is 0. The maximum absolute atomic E-state index is 13.2. The molecule has 1 saturated heterocycles. The zero-order valence-corrected chi connectivity index (χ0v) is 25.4. The Morgan fingerprint density at radius 3 is 2.59 bits per heavy atom. The number of benzene rings is 4. The lowest BCUT2D eigenvalue weighted by molar-refractivity contribution is -0.122. The molecule has 0 saturated carbocycles. The molecule has 4 aromatic rings. The van der Waals surface area contributed by atoms with E-state index in [1.54, 1.807) is 17.0 Å². The Balaban J connectivity index is 1.42. The van der Waals surface area contributed by atoms with Crippen molar-refractivity contribution < 1.29 is 24.2 Å². The highest BCUT2D eigenvalue weighted by atomic mass is 127. The van der Waals surface area contributed by atoms with Crippen LogP contribution in [0.1, 0.15) is 35.3 Å². The summed E-state index contributed by atoms with van der Waals surface area (Å²) in [6.45, 7) is 5.08. The summed E-state index contributed by atoms with van der Waals surface area (Å²) < 4.78 is 13.1. The van der Waals surface area contributed by atoms with Crippen molar-refractivity contribution in [2.45, 2.75) is 20.5 Å². The molecule has 4 aromatic carbocycles. The summed E-state index contributed by atoms with van der Waals surface area (Å²) in [5.41, 5.74) is 2.50. The van der Waals surface area contributed by atoms with Gasteiger partial charge in [0.05, 0.1) is 26.3 Å². The van der Waals surface area contributed by atoms with Gasteiger partial charge in [0.15, 0.2) is 16.7 Å². The van der Waals surface area contributed by atoms with Crippen molar-refractivity contribution in [1.29, 1.82) is 0 Å². The summed E-state index contributed by atoms with van der Waals surface area (Å²) in [4.78, 5) is 31.3. The number of amides is 1. The second-order valence-corrected chi connectivity index (χ2v) is 11.3. The molecular weight excluding hydrogens is 651 g/mol. The fraction of sp³-hybridized carbons (Fsp3) is 0.156. The number of rotatable bonds is 9. The van der Waals surface area contributed by atoms with Gasteiger partial charge in [-0.1, -0.05) is 48.5 Å². The topological polar surface area (TPSA) is 88.4 Å². The summed E-state index contributed by atoms with van der Waals surface area (Å²) in [5, 5.41) is 12.1. The van der Waals surface area contributed by atoms with Gasteiger partial charge in [-0.05, 0) is 107 Å². The first-order valence-electron chi connectivity index (χ1n) is 13.1. The number of fused-ring (bicyclic) bond motifs is 1. The van der Waals surface area contributed by atoms with E-state index in [0.717, 1.165) is 25.5 Å². The smallest absolute Gasteiger partial charge is 0.335 e. The Morgan fingerprint density at radius 1 is 1.02 bits per heavy atom. The number of halogens is 1. The van der Waals surface area contributed by atoms with Gasteiger partial charge < -0.3 is 14.6 Å². The van der Waals surface area contributed by atoms with Crippen LogP contribution in [-0.4, -0.2) is 40.2 Å². The molecule has 208 valence electrons. The first-order valence-corrected chi connectivity index (χ1v) is 15.0. The standard InChI is InChI=1S/C32H27IN2O5S/c1-3-35-30(36)28(41-32(35)34-24-13-8-11-22(18-24)31(37)38)17-20-15-26(33)29(27(16-20)39-4-2)40-19-23-12-7-10-21-9-5-6-14-25(21)23/h5-18H,3-4,19H2,1-2H3,(H,37,38). The summed E-state index contributed by atoms with van der Waals surface area (Å²) in [5.74, 6) is 0.0756. The second kappa shape index (κ2) is 12.8. The van der Waals surface area contributed by atoms with Crippen LogP contribution in [0.15, 0.2) is 88.8 Å². The number of thioether (sulfide) groups is 1. The number of likely N-dealkylation sites (N-methyl/N-ethyl adjacent to an activating group) is 1. The SMILES string of the molecule is CCOc1cc(C=C2SC(=Nc3cccc(C(=O)O)c3)N(CC)C2=O)cc(I)c1OCc1cccc2ccccc12. The minimum absolute atomic E-state index is 0.140.